The number of hydrogen-bond donors (Lipinski definition) is 0. The van der Waals surface area contributed by atoms with Gasteiger partial charge in [-0.3, -0.25) is 19.5 Å². The fourth-order valence-electron chi connectivity index (χ4n) is 4.40. The summed E-state index contributed by atoms with van der Waals surface area (Å²) in [4.78, 5) is 43.1. The summed E-state index contributed by atoms with van der Waals surface area (Å²) in [5.74, 6) is 0.600. The third-order valence-corrected chi connectivity index (χ3v) is 7.41. The molecule has 0 spiro atoms. The minimum Gasteiger partial charge on any atom is -0.493 e. The van der Waals surface area contributed by atoms with Crippen LogP contribution in [0.5, 0.6) is 11.5 Å². The van der Waals surface area contributed by atoms with E-state index in [1.807, 2.05) is 13.8 Å². The normalized spacial score (nSPS) is 15.0. The number of carbonyl (C=O) groups excluding carboxylic acids is 1. The van der Waals surface area contributed by atoms with Crippen LogP contribution in [0, 0.1) is 16.0 Å². The number of ether oxygens (including phenoxy) is 3. The molecule has 0 radical (unpaired) electrons. The lowest BCUT2D eigenvalue weighted by Gasteiger charge is -2.25. The number of benzene rings is 2. The van der Waals surface area contributed by atoms with Crippen LogP contribution in [0.15, 0.2) is 63.5 Å². The van der Waals surface area contributed by atoms with Crippen molar-refractivity contribution in [2.45, 2.75) is 46.6 Å². The van der Waals surface area contributed by atoms with Crippen molar-refractivity contribution in [3.8, 4) is 11.5 Å². The Morgan fingerprint density at radius 2 is 2.00 bits per heavy atom. The zero-order chi connectivity index (χ0) is 29.7. The van der Waals surface area contributed by atoms with Gasteiger partial charge in [0.05, 0.1) is 47.1 Å². The maximum atomic E-state index is 13.9. The minimum absolute atomic E-state index is 0.0798. The Morgan fingerprint density at radius 1 is 1.22 bits per heavy atom. The molecular formula is C30H33N3O7S. The number of hydrogen-bond acceptors (Lipinski definition) is 9. The predicted octanol–water partition coefficient (Wildman–Crippen LogP) is 4.53. The number of nitrogens with zero attached hydrogens (tertiary/aromatic N) is 3. The number of allylic oxidation sites excluding steroid dienone is 1. The molecule has 216 valence electrons. The summed E-state index contributed by atoms with van der Waals surface area (Å²) >= 11 is 1.15. The minimum atomic E-state index is -0.836. The van der Waals surface area contributed by atoms with Gasteiger partial charge in [-0.25, -0.2) is 9.79 Å². The Labute approximate surface area is 241 Å². The molecule has 4 rings (SSSR count). The Balaban J connectivity index is 1.88. The molecule has 0 saturated heterocycles. The van der Waals surface area contributed by atoms with Crippen LogP contribution in [-0.4, -0.2) is 35.8 Å². The monoisotopic (exact) mass is 579 g/mol. The molecule has 0 aliphatic carbocycles. The Bertz CT molecular complexity index is 1670. The van der Waals surface area contributed by atoms with Crippen molar-refractivity contribution < 1.29 is 23.9 Å². The van der Waals surface area contributed by atoms with Crippen molar-refractivity contribution in [2.24, 2.45) is 10.9 Å². The van der Waals surface area contributed by atoms with Crippen molar-refractivity contribution in [1.29, 1.82) is 0 Å². The summed E-state index contributed by atoms with van der Waals surface area (Å²) in [6, 6.07) is 10.5. The molecule has 3 aromatic rings. The molecule has 2 aromatic carbocycles. The summed E-state index contributed by atoms with van der Waals surface area (Å²) in [6.45, 7) is 8.43. The molecule has 0 fully saturated rings. The molecule has 10 nitrogen and oxygen atoms in total. The van der Waals surface area contributed by atoms with E-state index in [2.05, 4.69) is 11.9 Å². The highest BCUT2D eigenvalue weighted by atomic mass is 32.1. The fourth-order valence-corrected chi connectivity index (χ4v) is 5.44. The van der Waals surface area contributed by atoms with Gasteiger partial charge >= 0.3 is 5.97 Å². The SMILES string of the molecule is CCCCOc1ccc(C2C(C(=O)OCC(C)C)=C(C)N=c3sc(=Cc4cccc([N+](=O)[O-])c4)c(=O)n32)cc1OC. The molecule has 0 amide bonds. The van der Waals surface area contributed by atoms with Gasteiger partial charge in [0.15, 0.2) is 16.3 Å². The largest absolute Gasteiger partial charge is 0.493 e. The lowest BCUT2D eigenvalue weighted by Crippen LogP contribution is -2.40. The molecule has 1 aromatic heterocycles. The average Bonchev–Trinajstić information content (AvgIpc) is 3.25. The summed E-state index contributed by atoms with van der Waals surface area (Å²) in [5, 5.41) is 11.3. The van der Waals surface area contributed by atoms with Crippen LogP contribution in [0.3, 0.4) is 0 Å². The van der Waals surface area contributed by atoms with Crippen molar-refractivity contribution in [1.82, 2.24) is 4.57 Å². The van der Waals surface area contributed by atoms with Gasteiger partial charge in [0.2, 0.25) is 0 Å². The first-order valence-corrected chi connectivity index (χ1v) is 14.2. The number of methoxy groups -OCH3 is 1. The molecule has 1 aliphatic rings. The molecule has 1 aliphatic heterocycles. The third-order valence-electron chi connectivity index (χ3n) is 6.43. The number of nitro groups is 1. The van der Waals surface area contributed by atoms with Gasteiger partial charge in [0.1, 0.15) is 0 Å². The molecule has 2 heterocycles. The second kappa shape index (κ2) is 12.9. The molecule has 1 atom stereocenters. The van der Waals surface area contributed by atoms with Crippen molar-refractivity contribution in [3.63, 3.8) is 0 Å². The van der Waals surface area contributed by atoms with Crippen LogP contribution in [-0.2, 0) is 9.53 Å². The highest BCUT2D eigenvalue weighted by Gasteiger charge is 2.34. The average molecular weight is 580 g/mol. The predicted molar refractivity (Wildman–Crippen MR) is 156 cm³/mol. The van der Waals surface area contributed by atoms with Gasteiger partial charge in [-0.05, 0) is 48.6 Å². The Kier molecular flexibility index (Phi) is 9.38. The third kappa shape index (κ3) is 6.57. The van der Waals surface area contributed by atoms with Gasteiger partial charge in [-0.2, -0.15) is 0 Å². The number of carbonyl (C=O) groups is 1. The van der Waals surface area contributed by atoms with E-state index < -0.39 is 16.9 Å². The number of unbranched alkanes of at least 4 members (excludes halogenated alkanes) is 1. The van der Waals surface area contributed by atoms with E-state index in [4.69, 9.17) is 14.2 Å². The highest BCUT2D eigenvalue weighted by Crippen LogP contribution is 2.36. The van der Waals surface area contributed by atoms with Crippen molar-refractivity contribution >= 4 is 29.1 Å². The van der Waals surface area contributed by atoms with E-state index in [9.17, 15) is 19.7 Å². The second-order valence-corrected chi connectivity index (χ2v) is 11.0. The van der Waals surface area contributed by atoms with Gasteiger partial charge in [-0.15, -0.1) is 0 Å². The van der Waals surface area contributed by atoms with Gasteiger partial charge in [0.25, 0.3) is 11.2 Å². The Morgan fingerprint density at radius 3 is 2.68 bits per heavy atom. The number of rotatable bonds is 11. The van der Waals surface area contributed by atoms with Crippen LogP contribution >= 0.6 is 11.3 Å². The van der Waals surface area contributed by atoms with E-state index in [0.29, 0.717) is 44.3 Å². The quantitative estimate of drug-likeness (QED) is 0.142. The Hall–Kier alpha value is -4.25. The fraction of sp³-hybridized carbons (Fsp3) is 0.367. The van der Waals surface area contributed by atoms with Crippen molar-refractivity contribution in [2.75, 3.05) is 20.3 Å². The summed E-state index contributed by atoms with van der Waals surface area (Å²) in [7, 11) is 1.54. The second-order valence-electron chi connectivity index (χ2n) is 10.0. The maximum Gasteiger partial charge on any atom is 0.338 e. The van der Waals surface area contributed by atoms with E-state index in [1.54, 1.807) is 43.3 Å². The van der Waals surface area contributed by atoms with Crippen LogP contribution in [0.25, 0.3) is 6.08 Å². The zero-order valence-corrected chi connectivity index (χ0v) is 24.5. The molecule has 0 bridgehead atoms. The first-order valence-electron chi connectivity index (χ1n) is 13.4. The number of esters is 1. The van der Waals surface area contributed by atoms with Crippen LogP contribution in [0.4, 0.5) is 5.69 Å². The number of nitro benzene ring substituents is 1. The highest BCUT2D eigenvalue weighted by molar-refractivity contribution is 7.07. The number of fused-ring (bicyclic) bond motifs is 1. The summed E-state index contributed by atoms with van der Waals surface area (Å²) in [6.07, 6.45) is 3.47. The summed E-state index contributed by atoms with van der Waals surface area (Å²) < 4.78 is 18.9. The molecule has 1 unspecified atom stereocenters. The maximum absolute atomic E-state index is 13.9. The summed E-state index contributed by atoms with van der Waals surface area (Å²) in [5.41, 5.74) is 1.36. The number of thiazole rings is 1. The van der Waals surface area contributed by atoms with Crippen LogP contribution in [0.2, 0.25) is 0 Å². The topological polar surface area (TPSA) is 122 Å². The number of non-ortho nitro benzene ring substituents is 1. The molecule has 41 heavy (non-hydrogen) atoms. The standard InChI is InChI=1S/C30H33N3O7S/c1-6-7-13-39-23-12-11-21(16-24(23)38-5)27-26(29(35)40-17-18(2)3)19(4)31-30-32(27)28(34)25(41-30)15-20-9-8-10-22(14-20)33(36)37/h8-12,14-16,18,27H,6-7,13,17H2,1-5H3. The number of aromatic nitrogens is 1. The molecule has 0 saturated carbocycles. The van der Waals surface area contributed by atoms with E-state index in [0.717, 1.165) is 24.2 Å². The van der Waals surface area contributed by atoms with Gasteiger partial charge < -0.3 is 14.2 Å². The molecule has 11 heteroatoms. The smallest absolute Gasteiger partial charge is 0.338 e. The van der Waals surface area contributed by atoms with E-state index >= 15 is 0 Å². The lowest BCUT2D eigenvalue weighted by molar-refractivity contribution is -0.384. The molecule has 0 N–H and O–H groups in total. The zero-order valence-electron chi connectivity index (χ0n) is 23.7. The van der Waals surface area contributed by atoms with E-state index in [-0.39, 0.29) is 29.3 Å². The lowest BCUT2D eigenvalue weighted by atomic mass is 9.95. The van der Waals surface area contributed by atoms with Gasteiger partial charge in [-0.1, -0.05) is 56.7 Å². The first kappa shape index (κ1) is 29.7. The first-order chi connectivity index (χ1) is 19.6. The van der Waals surface area contributed by atoms with Crippen LogP contribution < -0.4 is 24.4 Å². The van der Waals surface area contributed by atoms with Crippen molar-refractivity contribution in [3.05, 3.63) is 94.7 Å². The van der Waals surface area contributed by atoms with Crippen LogP contribution in [0.1, 0.15) is 57.7 Å². The van der Waals surface area contributed by atoms with Gasteiger partial charge in [0, 0.05) is 12.1 Å². The molecular weight excluding hydrogens is 546 g/mol. The van der Waals surface area contributed by atoms with E-state index in [1.165, 1.54) is 23.8 Å².